The Kier molecular flexibility index (Phi) is 8.14. The number of halogens is 3. The van der Waals surface area contributed by atoms with E-state index in [4.69, 9.17) is 23.2 Å². The molecule has 1 aromatic heterocycles. The molecule has 0 saturated carbocycles. The van der Waals surface area contributed by atoms with E-state index >= 15 is 0 Å². The van der Waals surface area contributed by atoms with E-state index in [0.717, 1.165) is 15.6 Å². The second-order valence-electron chi connectivity index (χ2n) is 8.10. The third-order valence-electron chi connectivity index (χ3n) is 5.69. The van der Waals surface area contributed by atoms with Crippen LogP contribution in [0.15, 0.2) is 77.3 Å². The number of carbonyl (C=O) groups is 2. The van der Waals surface area contributed by atoms with Crippen molar-refractivity contribution >= 4 is 51.0 Å². The molecule has 0 bridgehead atoms. The van der Waals surface area contributed by atoms with Gasteiger partial charge >= 0.3 is 5.97 Å². The largest absolute Gasteiger partial charge is 0.480 e. The van der Waals surface area contributed by atoms with Gasteiger partial charge in [0.25, 0.3) is 5.91 Å². The first-order valence-corrected chi connectivity index (χ1v) is 12.7. The summed E-state index contributed by atoms with van der Waals surface area (Å²) in [6.07, 6.45) is 0.627. The van der Waals surface area contributed by atoms with E-state index in [1.807, 2.05) is 61.5 Å². The van der Waals surface area contributed by atoms with E-state index in [0.29, 0.717) is 33.4 Å². The number of aliphatic carboxylic acids is 1. The predicted octanol–water partition coefficient (Wildman–Crippen LogP) is 6.60. The van der Waals surface area contributed by atoms with Crippen molar-refractivity contribution in [3.05, 3.63) is 104 Å². The van der Waals surface area contributed by atoms with E-state index in [9.17, 15) is 14.7 Å². The molecule has 4 aromatic rings. The standard InChI is InChI=1S/C27H22BrCl2N3O3/c1-2-20-24(26(34)31-22(27(35)36)14-16-6-4-3-5-7-16)32-33(23-13-12-19(29)15-21(23)30)25(20)17-8-10-18(28)11-9-17/h3-13,15,22H,2,14H2,1H3,(H,31,34)(H,35,36)/t22-/m0/s1. The molecule has 0 spiro atoms. The molecule has 0 radical (unpaired) electrons. The van der Waals surface area contributed by atoms with Gasteiger partial charge in [0.1, 0.15) is 6.04 Å². The number of carboxylic acids is 1. The topological polar surface area (TPSA) is 84.2 Å². The fourth-order valence-corrected chi connectivity index (χ4v) is 4.73. The van der Waals surface area contributed by atoms with Crippen LogP contribution in [0.2, 0.25) is 10.0 Å². The molecule has 6 nitrogen and oxygen atoms in total. The van der Waals surface area contributed by atoms with Crippen LogP contribution in [0.3, 0.4) is 0 Å². The number of hydrogen-bond acceptors (Lipinski definition) is 3. The smallest absolute Gasteiger partial charge is 0.326 e. The van der Waals surface area contributed by atoms with Gasteiger partial charge in [0.05, 0.1) is 16.4 Å². The van der Waals surface area contributed by atoms with E-state index in [-0.39, 0.29) is 12.1 Å². The van der Waals surface area contributed by atoms with Gasteiger partial charge in [-0.2, -0.15) is 5.10 Å². The van der Waals surface area contributed by atoms with E-state index in [1.54, 1.807) is 22.9 Å². The molecule has 3 aromatic carbocycles. The minimum Gasteiger partial charge on any atom is -0.480 e. The van der Waals surface area contributed by atoms with Crippen molar-refractivity contribution in [1.82, 2.24) is 15.1 Å². The molecule has 1 heterocycles. The summed E-state index contributed by atoms with van der Waals surface area (Å²) in [6, 6.07) is 20.7. The van der Waals surface area contributed by atoms with Gasteiger partial charge in [-0.25, -0.2) is 9.48 Å². The number of rotatable bonds is 8. The fourth-order valence-electron chi connectivity index (χ4n) is 3.98. The van der Waals surface area contributed by atoms with Crippen LogP contribution in [0, 0.1) is 0 Å². The molecule has 0 aliphatic rings. The van der Waals surface area contributed by atoms with Crippen LogP contribution < -0.4 is 5.32 Å². The number of carbonyl (C=O) groups excluding carboxylic acids is 1. The monoisotopic (exact) mass is 585 g/mol. The van der Waals surface area contributed by atoms with E-state index in [2.05, 4.69) is 26.3 Å². The van der Waals surface area contributed by atoms with Crippen molar-refractivity contribution in [2.24, 2.45) is 0 Å². The Labute approximate surface area is 227 Å². The maximum Gasteiger partial charge on any atom is 0.326 e. The van der Waals surface area contributed by atoms with Crippen molar-refractivity contribution in [1.29, 1.82) is 0 Å². The zero-order valence-corrected chi connectivity index (χ0v) is 22.3. The van der Waals surface area contributed by atoms with E-state index < -0.39 is 17.9 Å². The zero-order chi connectivity index (χ0) is 25.8. The van der Waals surface area contributed by atoms with Crippen LogP contribution in [-0.2, 0) is 17.6 Å². The Morgan fingerprint density at radius 2 is 1.75 bits per heavy atom. The molecule has 4 rings (SSSR count). The Balaban J connectivity index is 1.80. The van der Waals surface area contributed by atoms with Crippen LogP contribution in [0.25, 0.3) is 16.9 Å². The molecule has 1 amide bonds. The molecule has 1 atom stereocenters. The van der Waals surface area contributed by atoms with Crippen molar-refractivity contribution < 1.29 is 14.7 Å². The number of aromatic nitrogens is 2. The summed E-state index contributed by atoms with van der Waals surface area (Å²) in [4.78, 5) is 25.4. The zero-order valence-electron chi connectivity index (χ0n) is 19.2. The lowest BCUT2D eigenvalue weighted by Gasteiger charge is -2.14. The van der Waals surface area contributed by atoms with Gasteiger partial charge in [-0.15, -0.1) is 0 Å². The lowest BCUT2D eigenvalue weighted by atomic mass is 10.0. The third kappa shape index (κ3) is 5.64. The maximum atomic E-state index is 13.4. The van der Waals surface area contributed by atoms with Crippen LogP contribution >= 0.6 is 39.1 Å². The van der Waals surface area contributed by atoms with Crippen LogP contribution in [0.4, 0.5) is 0 Å². The summed E-state index contributed by atoms with van der Waals surface area (Å²) >= 11 is 16.1. The predicted molar refractivity (Wildman–Crippen MR) is 145 cm³/mol. The molecule has 36 heavy (non-hydrogen) atoms. The number of benzene rings is 3. The Hall–Kier alpha value is -3.13. The van der Waals surface area contributed by atoms with Crippen molar-refractivity contribution in [2.45, 2.75) is 25.8 Å². The Bertz CT molecular complexity index is 1410. The first kappa shape index (κ1) is 25.9. The van der Waals surface area contributed by atoms with Gasteiger partial charge in [0.2, 0.25) is 0 Å². The van der Waals surface area contributed by atoms with Gasteiger partial charge in [0.15, 0.2) is 5.69 Å². The Morgan fingerprint density at radius 3 is 2.36 bits per heavy atom. The number of nitrogens with zero attached hydrogens (tertiary/aromatic N) is 2. The second kappa shape index (κ2) is 11.3. The summed E-state index contributed by atoms with van der Waals surface area (Å²) in [6.45, 7) is 1.92. The van der Waals surface area contributed by atoms with Crippen molar-refractivity contribution in [3.63, 3.8) is 0 Å². The first-order chi connectivity index (χ1) is 17.3. The van der Waals surface area contributed by atoms with Gasteiger partial charge < -0.3 is 10.4 Å². The number of hydrogen-bond donors (Lipinski definition) is 2. The third-order valence-corrected chi connectivity index (χ3v) is 6.76. The van der Waals surface area contributed by atoms with E-state index in [1.165, 1.54) is 0 Å². The maximum absolute atomic E-state index is 13.4. The molecule has 0 unspecified atom stereocenters. The average Bonchev–Trinajstić information content (AvgIpc) is 3.24. The molecule has 9 heteroatoms. The van der Waals surface area contributed by atoms with Crippen LogP contribution in [0.5, 0.6) is 0 Å². The Morgan fingerprint density at radius 1 is 1.06 bits per heavy atom. The highest BCUT2D eigenvalue weighted by Crippen LogP contribution is 2.34. The molecule has 0 aliphatic heterocycles. The highest BCUT2D eigenvalue weighted by molar-refractivity contribution is 9.10. The summed E-state index contributed by atoms with van der Waals surface area (Å²) in [7, 11) is 0. The molecular weight excluding hydrogens is 565 g/mol. The van der Waals surface area contributed by atoms with Crippen molar-refractivity contribution in [2.75, 3.05) is 0 Å². The molecule has 0 aliphatic carbocycles. The summed E-state index contributed by atoms with van der Waals surface area (Å²) < 4.78 is 2.52. The van der Waals surface area contributed by atoms with Gasteiger partial charge in [0, 0.05) is 27.0 Å². The fraction of sp³-hybridized carbons (Fsp3) is 0.148. The number of carboxylic acid groups (broad SMARTS) is 1. The number of amides is 1. The van der Waals surface area contributed by atoms with Gasteiger partial charge in [-0.1, -0.05) is 88.5 Å². The van der Waals surface area contributed by atoms with Gasteiger partial charge in [-0.3, -0.25) is 4.79 Å². The highest BCUT2D eigenvalue weighted by atomic mass is 79.9. The van der Waals surface area contributed by atoms with Crippen molar-refractivity contribution in [3.8, 4) is 16.9 Å². The summed E-state index contributed by atoms with van der Waals surface area (Å²) in [5.41, 5.74) is 3.67. The lowest BCUT2D eigenvalue weighted by molar-refractivity contribution is -0.139. The van der Waals surface area contributed by atoms with Crippen LogP contribution in [0.1, 0.15) is 28.5 Å². The van der Waals surface area contributed by atoms with Crippen LogP contribution in [-0.4, -0.2) is 32.8 Å². The number of nitrogens with one attached hydrogen (secondary N) is 1. The SMILES string of the molecule is CCc1c(C(=O)N[C@@H](Cc2ccccc2)C(=O)O)nn(-c2ccc(Cl)cc2Cl)c1-c1ccc(Br)cc1. The quantitative estimate of drug-likeness (QED) is 0.244. The highest BCUT2D eigenvalue weighted by Gasteiger charge is 2.28. The molecule has 0 fully saturated rings. The van der Waals surface area contributed by atoms with Gasteiger partial charge in [-0.05, 0) is 42.3 Å². The molecule has 2 N–H and O–H groups in total. The summed E-state index contributed by atoms with van der Waals surface area (Å²) in [5.74, 6) is -1.70. The summed E-state index contributed by atoms with van der Waals surface area (Å²) in [5, 5.41) is 17.9. The molecular formula is C27H22BrCl2N3O3. The second-order valence-corrected chi connectivity index (χ2v) is 9.86. The normalized spacial score (nSPS) is 11.8. The molecule has 184 valence electrons. The first-order valence-electron chi connectivity index (χ1n) is 11.2. The molecule has 0 saturated heterocycles. The minimum absolute atomic E-state index is 0.140. The minimum atomic E-state index is -1.13. The lowest BCUT2D eigenvalue weighted by Crippen LogP contribution is -2.42. The average molecular weight is 587 g/mol.